The number of fused-ring (bicyclic) bond motifs is 3. The van der Waals surface area contributed by atoms with Crippen molar-refractivity contribution in [1.82, 2.24) is 25.1 Å². The number of hydrogen-bond acceptors (Lipinski definition) is 5. The first-order valence-electron chi connectivity index (χ1n) is 15.4. The number of hydrazine groups is 1. The van der Waals surface area contributed by atoms with Gasteiger partial charge < -0.3 is 20.9 Å². The molecule has 3 atom stereocenters. The molecule has 6 rings (SSSR count). The summed E-state index contributed by atoms with van der Waals surface area (Å²) in [5.41, 5.74) is 7.83. The number of amides is 4. The lowest BCUT2D eigenvalue weighted by atomic mass is 9.95. The second kappa shape index (κ2) is 12.6. The average Bonchev–Trinajstić information content (AvgIpc) is 3.03. The Morgan fingerprint density at radius 1 is 0.864 bits per heavy atom. The van der Waals surface area contributed by atoms with Gasteiger partial charge in [0.15, 0.2) is 0 Å². The van der Waals surface area contributed by atoms with Crippen molar-refractivity contribution in [1.29, 1.82) is 0 Å². The van der Waals surface area contributed by atoms with Crippen molar-refractivity contribution in [3.8, 4) is 0 Å². The van der Waals surface area contributed by atoms with Crippen molar-refractivity contribution in [2.45, 2.75) is 57.5 Å². The zero-order chi connectivity index (χ0) is 30.8. The van der Waals surface area contributed by atoms with E-state index in [2.05, 4.69) is 41.7 Å². The minimum absolute atomic E-state index is 0.00883. The van der Waals surface area contributed by atoms with E-state index in [1.165, 1.54) is 0 Å². The van der Waals surface area contributed by atoms with Gasteiger partial charge in [-0.2, -0.15) is 0 Å². The third-order valence-corrected chi connectivity index (χ3v) is 9.05. The number of carbonyl (C=O) groups is 3. The van der Waals surface area contributed by atoms with Crippen LogP contribution in [0.5, 0.6) is 0 Å². The molecule has 0 aliphatic carbocycles. The molecule has 9 heteroatoms. The molecule has 0 unspecified atom stereocenters. The van der Waals surface area contributed by atoms with Crippen molar-refractivity contribution in [3.05, 3.63) is 96.1 Å². The van der Waals surface area contributed by atoms with Crippen LogP contribution in [0.1, 0.15) is 37.3 Å². The largest absolute Gasteiger partial charge is 0.334 e. The SMILES string of the molecule is C[C@H]1[C@H]2N(C(=O)CN(C)N2C(=O)NCc2cccc3ccccc23)[C@@H](CCCCN)C(=O)N1Cc1cccc2ccccc12. The number of unbranched alkanes of at least 4 members (excludes halogenated alkanes) is 1. The Balaban J connectivity index is 1.33. The van der Waals surface area contributed by atoms with E-state index in [-0.39, 0.29) is 24.4 Å². The van der Waals surface area contributed by atoms with Gasteiger partial charge in [-0.25, -0.2) is 14.8 Å². The summed E-state index contributed by atoms with van der Waals surface area (Å²) in [4.78, 5) is 45.4. The van der Waals surface area contributed by atoms with Gasteiger partial charge in [-0.05, 0) is 65.4 Å². The number of piperazine rings is 1. The number of urea groups is 1. The molecule has 44 heavy (non-hydrogen) atoms. The number of nitrogens with two attached hydrogens (primary N) is 1. The van der Waals surface area contributed by atoms with Gasteiger partial charge in [0, 0.05) is 20.1 Å². The zero-order valence-corrected chi connectivity index (χ0v) is 25.4. The maximum Gasteiger partial charge on any atom is 0.334 e. The van der Waals surface area contributed by atoms with E-state index in [1.807, 2.05) is 60.4 Å². The van der Waals surface area contributed by atoms with Gasteiger partial charge in [0.1, 0.15) is 12.2 Å². The highest BCUT2D eigenvalue weighted by atomic mass is 16.2. The van der Waals surface area contributed by atoms with Crippen LogP contribution in [-0.2, 0) is 22.7 Å². The molecule has 4 amide bonds. The molecule has 2 heterocycles. The maximum atomic E-state index is 14.2. The minimum atomic E-state index is -0.674. The van der Waals surface area contributed by atoms with Crippen LogP contribution in [0.3, 0.4) is 0 Å². The van der Waals surface area contributed by atoms with E-state index in [1.54, 1.807) is 22.0 Å². The second-order valence-corrected chi connectivity index (χ2v) is 11.8. The summed E-state index contributed by atoms with van der Waals surface area (Å²) >= 11 is 0. The van der Waals surface area contributed by atoms with E-state index >= 15 is 0 Å². The molecule has 4 aromatic carbocycles. The fraction of sp³-hybridized carbons (Fsp3) is 0.343. The molecule has 9 nitrogen and oxygen atoms in total. The molecule has 2 aliphatic heterocycles. The summed E-state index contributed by atoms with van der Waals surface area (Å²) in [5.74, 6) is -0.244. The molecule has 0 saturated carbocycles. The number of nitrogens with one attached hydrogen (secondary N) is 1. The number of likely N-dealkylation sites (N-methyl/N-ethyl adjacent to an activating group) is 1. The zero-order valence-electron chi connectivity index (χ0n) is 25.4. The molecule has 4 aromatic rings. The van der Waals surface area contributed by atoms with Gasteiger partial charge in [-0.15, -0.1) is 0 Å². The Morgan fingerprint density at radius 2 is 1.48 bits per heavy atom. The molecule has 228 valence electrons. The van der Waals surface area contributed by atoms with Crippen LogP contribution in [0.2, 0.25) is 0 Å². The van der Waals surface area contributed by atoms with E-state index in [0.717, 1.165) is 39.1 Å². The lowest BCUT2D eigenvalue weighted by molar-refractivity contribution is -0.196. The van der Waals surface area contributed by atoms with E-state index in [9.17, 15) is 14.4 Å². The predicted molar refractivity (Wildman–Crippen MR) is 172 cm³/mol. The number of carbonyl (C=O) groups excluding carboxylic acids is 3. The van der Waals surface area contributed by atoms with Crippen molar-refractivity contribution in [2.24, 2.45) is 5.73 Å². The Labute approximate surface area is 258 Å². The summed E-state index contributed by atoms with van der Waals surface area (Å²) in [6.45, 7) is 3.17. The smallest absolute Gasteiger partial charge is 0.333 e. The highest BCUT2D eigenvalue weighted by molar-refractivity contribution is 5.93. The number of nitrogens with zero attached hydrogens (tertiary/aromatic N) is 4. The summed E-state index contributed by atoms with van der Waals surface area (Å²) in [5, 5.41) is 10.8. The fourth-order valence-corrected chi connectivity index (χ4v) is 6.84. The highest BCUT2D eigenvalue weighted by Crippen LogP contribution is 2.34. The summed E-state index contributed by atoms with van der Waals surface area (Å²) in [6.07, 6.45) is 1.30. The topological polar surface area (TPSA) is 102 Å². The third-order valence-electron chi connectivity index (χ3n) is 9.05. The Kier molecular flexibility index (Phi) is 8.50. The molecule has 0 aromatic heterocycles. The first-order valence-corrected chi connectivity index (χ1v) is 15.4. The second-order valence-electron chi connectivity index (χ2n) is 11.8. The molecule has 0 bridgehead atoms. The van der Waals surface area contributed by atoms with Crippen LogP contribution in [-0.4, -0.2) is 76.0 Å². The van der Waals surface area contributed by atoms with Crippen LogP contribution in [0, 0.1) is 0 Å². The maximum absolute atomic E-state index is 14.2. The molecular weight excluding hydrogens is 552 g/mol. The monoisotopic (exact) mass is 592 g/mol. The van der Waals surface area contributed by atoms with Crippen molar-refractivity contribution in [3.63, 3.8) is 0 Å². The summed E-state index contributed by atoms with van der Waals surface area (Å²) < 4.78 is 0. The van der Waals surface area contributed by atoms with Crippen LogP contribution >= 0.6 is 0 Å². The van der Waals surface area contributed by atoms with E-state index in [0.29, 0.717) is 32.5 Å². The summed E-state index contributed by atoms with van der Waals surface area (Å²) in [7, 11) is 1.76. The molecule has 2 aliphatic rings. The van der Waals surface area contributed by atoms with Crippen molar-refractivity contribution in [2.75, 3.05) is 20.1 Å². The Hall–Kier alpha value is -4.47. The average molecular weight is 593 g/mol. The Bertz CT molecular complexity index is 1680. The lowest BCUT2D eigenvalue weighted by Crippen LogP contribution is -2.78. The first kappa shape index (κ1) is 29.6. The standard InChI is InChI=1S/C35H40N6O3/c1-24-33-40(31(19-7-8-20-36)34(43)39(24)22-28-16-10-14-26-12-4-6-18-30(26)28)32(42)23-38(2)41(33)35(44)37-21-27-15-9-13-25-11-3-5-17-29(25)27/h3-6,9-18,24,31,33H,7-8,19-23,36H2,1-2H3,(H,37,44)/t24-,31-,33-/m0/s1. The first-order chi connectivity index (χ1) is 21.4. The molecule has 2 fully saturated rings. The molecule has 3 N–H and O–H groups in total. The Morgan fingerprint density at radius 3 is 2.16 bits per heavy atom. The number of rotatable bonds is 8. The third kappa shape index (κ3) is 5.49. The van der Waals surface area contributed by atoms with Gasteiger partial charge in [-0.1, -0.05) is 84.9 Å². The number of benzene rings is 4. The van der Waals surface area contributed by atoms with Crippen LogP contribution in [0.25, 0.3) is 21.5 Å². The quantitative estimate of drug-likeness (QED) is 0.295. The van der Waals surface area contributed by atoms with Gasteiger partial charge in [-0.3, -0.25) is 9.59 Å². The van der Waals surface area contributed by atoms with Crippen LogP contribution < -0.4 is 11.1 Å². The fourth-order valence-electron chi connectivity index (χ4n) is 6.84. The van der Waals surface area contributed by atoms with Crippen molar-refractivity contribution < 1.29 is 14.4 Å². The highest BCUT2D eigenvalue weighted by Gasteiger charge is 2.53. The van der Waals surface area contributed by atoms with Gasteiger partial charge >= 0.3 is 6.03 Å². The van der Waals surface area contributed by atoms with E-state index < -0.39 is 18.2 Å². The van der Waals surface area contributed by atoms with Crippen LogP contribution in [0.15, 0.2) is 84.9 Å². The number of hydrogen-bond donors (Lipinski definition) is 2. The van der Waals surface area contributed by atoms with Crippen LogP contribution in [0.4, 0.5) is 4.79 Å². The van der Waals surface area contributed by atoms with Gasteiger partial charge in [0.25, 0.3) is 0 Å². The van der Waals surface area contributed by atoms with Crippen molar-refractivity contribution >= 4 is 39.4 Å². The predicted octanol–water partition coefficient (Wildman–Crippen LogP) is 4.45. The summed E-state index contributed by atoms with van der Waals surface area (Å²) in [6, 6.07) is 27.0. The van der Waals surface area contributed by atoms with E-state index in [4.69, 9.17) is 5.73 Å². The molecule has 0 radical (unpaired) electrons. The lowest BCUT2D eigenvalue weighted by Gasteiger charge is -2.57. The normalized spacial score (nSPS) is 20.8. The van der Waals surface area contributed by atoms with Gasteiger partial charge in [0.2, 0.25) is 11.8 Å². The molecule has 2 saturated heterocycles. The van der Waals surface area contributed by atoms with Gasteiger partial charge in [0.05, 0.1) is 12.6 Å². The molecule has 0 spiro atoms. The molecular formula is C35H40N6O3. The minimum Gasteiger partial charge on any atom is -0.333 e.